The molecule has 7 nitrogen and oxygen atoms in total. The molecule has 0 aliphatic carbocycles. The van der Waals surface area contributed by atoms with Crippen molar-refractivity contribution < 1.29 is 26.0 Å². The average molecular weight is 537 g/mol. The zero-order valence-electron chi connectivity index (χ0n) is 16.0. The largest absolute Gasteiger partial charge is 0.423 e. The Hall–Kier alpha value is -1.96. The van der Waals surface area contributed by atoms with Gasteiger partial charge in [-0.25, -0.2) is 8.42 Å². The standard InChI is InChI=1S/C18H16BrF3N4O3S2/c1-11-9-25(6-7-26(11)31(27,28)16-5-4-15(19)30-16)14-3-2-12(17-24-23-10-29-17)8-13(14)18(20,21)22/h2-5,8,10-11H,6-7,9H2,1H3/t11-/m1/s1. The zero-order valence-corrected chi connectivity index (χ0v) is 19.2. The molecule has 3 heterocycles. The van der Waals surface area contributed by atoms with Gasteiger partial charge in [-0.1, -0.05) is 0 Å². The van der Waals surface area contributed by atoms with Gasteiger partial charge in [0.1, 0.15) is 4.21 Å². The van der Waals surface area contributed by atoms with E-state index in [0.29, 0.717) is 3.79 Å². The molecule has 0 spiro atoms. The summed E-state index contributed by atoms with van der Waals surface area (Å²) in [6.45, 7) is 2.00. The first-order valence-corrected chi connectivity index (χ1v) is 12.1. The Labute approximate surface area is 188 Å². The van der Waals surface area contributed by atoms with Gasteiger partial charge < -0.3 is 9.32 Å². The maximum Gasteiger partial charge on any atom is 0.418 e. The lowest BCUT2D eigenvalue weighted by molar-refractivity contribution is -0.137. The van der Waals surface area contributed by atoms with Crippen LogP contribution in [0.1, 0.15) is 12.5 Å². The van der Waals surface area contributed by atoms with Crippen LogP contribution in [0.2, 0.25) is 0 Å². The molecule has 1 atom stereocenters. The van der Waals surface area contributed by atoms with Crippen molar-refractivity contribution in [2.45, 2.75) is 23.4 Å². The van der Waals surface area contributed by atoms with Crippen LogP contribution in [0.4, 0.5) is 18.9 Å². The maximum atomic E-state index is 13.8. The van der Waals surface area contributed by atoms with Crippen molar-refractivity contribution in [3.8, 4) is 11.5 Å². The normalized spacial score (nSPS) is 18.5. The summed E-state index contributed by atoms with van der Waals surface area (Å²) in [6, 6.07) is 6.46. The molecule has 166 valence electrons. The fraction of sp³-hybridized carbons (Fsp3) is 0.333. The lowest BCUT2D eigenvalue weighted by Crippen LogP contribution is -2.54. The fourth-order valence-corrected chi connectivity index (χ4v) is 7.29. The smallest absolute Gasteiger partial charge is 0.418 e. The SMILES string of the molecule is C[C@@H]1CN(c2ccc(-c3nnco3)cc2C(F)(F)F)CCN1S(=O)(=O)c1ccc(Br)s1. The number of thiophene rings is 1. The molecular formula is C18H16BrF3N4O3S2. The molecule has 1 fully saturated rings. The minimum absolute atomic E-state index is 0.0107. The molecule has 1 aromatic carbocycles. The number of piperazine rings is 1. The van der Waals surface area contributed by atoms with Gasteiger partial charge in [0.15, 0.2) is 0 Å². The van der Waals surface area contributed by atoms with Gasteiger partial charge in [0.2, 0.25) is 12.3 Å². The first kappa shape index (κ1) is 22.2. The molecule has 1 aliphatic rings. The Morgan fingerprint density at radius 1 is 1.23 bits per heavy atom. The van der Waals surface area contributed by atoms with Crippen LogP contribution in [0.15, 0.2) is 49.1 Å². The second kappa shape index (κ2) is 8.19. The van der Waals surface area contributed by atoms with Crippen LogP contribution in [0, 0.1) is 0 Å². The second-order valence-electron chi connectivity index (χ2n) is 6.94. The maximum absolute atomic E-state index is 13.8. The highest BCUT2D eigenvalue weighted by molar-refractivity contribution is 9.11. The van der Waals surface area contributed by atoms with Crippen LogP contribution in [0.25, 0.3) is 11.5 Å². The van der Waals surface area contributed by atoms with Gasteiger partial charge in [-0.3, -0.25) is 0 Å². The summed E-state index contributed by atoms with van der Waals surface area (Å²) in [5, 5.41) is 7.16. The van der Waals surface area contributed by atoms with Crippen molar-refractivity contribution in [1.29, 1.82) is 0 Å². The number of sulfonamides is 1. The molecule has 13 heteroatoms. The minimum atomic E-state index is -4.61. The molecule has 0 bridgehead atoms. The van der Waals surface area contributed by atoms with E-state index in [2.05, 4.69) is 26.1 Å². The number of nitrogens with zero attached hydrogens (tertiary/aromatic N) is 4. The molecule has 0 unspecified atom stereocenters. The highest BCUT2D eigenvalue weighted by Crippen LogP contribution is 2.40. The molecular weight excluding hydrogens is 521 g/mol. The molecule has 3 aromatic rings. The molecule has 1 aliphatic heterocycles. The van der Waals surface area contributed by atoms with Crippen LogP contribution in [0.3, 0.4) is 0 Å². The average Bonchev–Trinajstić information content (AvgIpc) is 3.39. The Kier molecular flexibility index (Phi) is 5.87. The van der Waals surface area contributed by atoms with Crippen molar-refractivity contribution in [1.82, 2.24) is 14.5 Å². The first-order valence-electron chi connectivity index (χ1n) is 9.07. The van der Waals surface area contributed by atoms with E-state index in [1.165, 1.54) is 22.5 Å². The van der Waals surface area contributed by atoms with Crippen molar-refractivity contribution in [2.24, 2.45) is 0 Å². The van der Waals surface area contributed by atoms with Gasteiger partial charge in [0.05, 0.1) is 9.35 Å². The van der Waals surface area contributed by atoms with Gasteiger partial charge in [0, 0.05) is 36.9 Å². The summed E-state index contributed by atoms with van der Waals surface area (Å²) in [7, 11) is -3.73. The molecule has 0 radical (unpaired) electrons. The van der Waals surface area contributed by atoms with E-state index in [1.807, 2.05) is 0 Å². The van der Waals surface area contributed by atoms with Gasteiger partial charge in [-0.15, -0.1) is 21.5 Å². The monoisotopic (exact) mass is 536 g/mol. The predicted octanol–water partition coefficient (Wildman–Crippen LogP) is 4.48. The Morgan fingerprint density at radius 2 is 2.00 bits per heavy atom. The lowest BCUT2D eigenvalue weighted by atomic mass is 10.1. The topological polar surface area (TPSA) is 79.5 Å². The molecule has 31 heavy (non-hydrogen) atoms. The number of anilines is 1. The molecule has 2 aromatic heterocycles. The third-order valence-electron chi connectivity index (χ3n) is 4.93. The predicted molar refractivity (Wildman–Crippen MR) is 112 cm³/mol. The van der Waals surface area contributed by atoms with Gasteiger partial charge in [-0.2, -0.15) is 17.5 Å². The molecule has 4 rings (SSSR count). The van der Waals surface area contributed by atoms with Crippen molar-refractivity contribution in [3.05, 3.63) is 46.1 Å². The summed E-state index contributed by atoms with van der Waals surface area (Å²) < 4.78 is 74.6. The Balaban J connectivity index is 1.62. The van der Waals surface area contributed by atoms with Crippen molar-refractivity contribution in [2.75, 3.05) is 24.5 Å². The fourth-order valence-electron chi connectivity index (χ4n) is 3.54. The molecule has 1 saturated heterocycles. The van der Waals surface area contributed by atoms with Crippen LogP contribution in [0.5, 0.6) is 0 Å². The summed E-state index contributed by atoms with van der Waals surface area (Å²) in [6.07, 6.45) is -3.56. The summed E-state index contributed by atoms with van der Waals surface area (Å²) in [4.78, 5) is 1.56. The third-order valence-corrected chi connectivity index (χ3v) is 9.03. The van der Waals surface area contributed by atoms with Crippen molar-refractivity contribution in [3.63, 3.8) is 0 Å². The molecule has 0 N–H and O–H groups in total. The van der Waals surface area contributed by atoms with Crippen LogP contribution in [-0.2, 0) is 16.2 Å². The third kappa shape index (κ3) is 4.36. The summed E-state index contributed by atoms with van der Waals surface area (Å²) >= 11 is 4.35. The van der Waals surface area contributed by atoms with E-state index in [-0.39, 0.29) is 41.0 Å². The number of aromatic nitrogens is 2. The zero-order chi connectivity index (χ0) is 22.4. The van der Waals surface area contributed by atoms with Gasteiger partial charge in [0.25, 0.3) is 10.0 Å². The Morgan fingerprint density at radius 3 is 2.58 bits per heavy atom. The van der Waals surface area contributed by atoms with E-state index in [0.717, 1.165) is 23.8 Å². The van der Waals surface area contributed by atoms with Crippen LogP contribution in [-0.4, -0.2) is 48.6 Å². The van der Waals surface area contributed by atoms with Crippen molar-refractivity contribution >= 4 is 43.0 Å². The van der Waals surface area contributed by atoms with E-state index >= 15 is 0 Å². The molecule has 0 saturated carbocycles. The van der Waals surface area contributed by atoms with E-state index in [1.54, 1.807) is 17.9 Å². The highest BCUT2D eigenvalue weighted by atomic mass is 79.9. The number of hydrogen-bond donors (Lipinski definition) is 0. The number of hydrogen-bond acceptors (Lipinski definition) is 7. The second-order valence-corrected chi connectivity index (χ2v) is 11.5. The lowest BCUT2D eigenvalue weighted by Gasteiger charge is -2.40. The number of benzene rings is 1. The van der Waals surface area contributed by atoms with E-state index in [4.69, 9.17) is 4.42 Å². The number of rotatable bonds is 4. The molecule has 0 amide bonds. The minimum Gasteiger partial charge on any atom is -0.423 e. The van der Waals surface area contributed by atoms with E-state index < -0.39 is 27.8 Å². The van der Waals surface area contributed by atoms with Gasteiger partial charge >= 0.3 is 6.18 Å². The number of halogens is 4. The Bertz CT molecular complexity index is 1180. The number of alkyl halides is 3. The van der Waals surface area contributed by atoms with Gasteiger partial charge in [-0.05, 0) is 53.2 Å². The summed E-state index contributed by atoms with van der Waals surface area (Å²) in [5.74, 6) is -0.0107. The quantitative estimate of drug-likeness (QED) is 0.489. The highest BCUT2D eigenvalue weighted by Gasteiger charge is 2.39. The first-order chi connectivity index (χ1) is 14.6. The van der Waals surface area contributed by atoms with Crippen LogP contribution >= 0.6 is 27.3 Å². The van der Waals surface area contributed by atoms with E-state index in [9.17, 15) is 21.6 Å². The summed E-state index contributed by atoms with van der Waals surface area (Å²) in [5.41, 5.74) is -0.696. The van der Waals surface area contributed by atoms with Crippen LogP contribution < -0.4 is 4.90 Å².